The molecule has 0 radical (unpaired) electrons. The molecule has 2 aromatic heterocycles. The number of aromatic nitrogens is 2. The van der Waals surface area contributed by atoms with Crippen molar-refractivity contribution < 1.29 is 14.3 Å². The highest BCUT2D eigenvalue weighted by molar-refractivity contribution is 6.26. The number of benzene rings is 3. The molecule has 0 atom stereocenters. The minimum Gasteiger partial charge on any atom is -0.381 e. The van der Waals surface area contributed by atoms with Gasteiger partial charge in [0.1, 0.15) is 0 Å². The molecule has 208 valence electrons. The van der Waals surface area contributed by atoms with Crippen LogP contribution in [0.1, 0.15) is 41.4 Å². The van der Waals surface area contributed by atoms with Crippen LogP contribution in [0.5, 0.6) is 0 Å². The van der Waals surface area contributed by atoms with Crippen LogP contribution in [-0.4, -0.2) is 40.9 Å². The second kappa shape index (κ2) is 10.9. The van der Waals surface area contributed by atoms with E-state index in [2.05, 4.69) is 35.6 Å². The van der Waals surface area contributed by atoms with Gasteiger partial charge in [-0.05, 0) is 66.4 Å². The molecule has 3 aromatic carbocycles. The highest BCUT2D eigenvalue weighted by Crippen LogP contribution is 2.37. The summed E-state index contributed by atoms with van der Waals surface area (Å²) in [4.78, 5) is 37.3. The Balaban J connectivity index is 1.37. The van der Waals surface area contributed by atoms with Gasteiger partial charge < -0.3 is 10.1 Å². The van der Waals surface area contributed by atoms with E-state index in [9.17, 15) is 9.59 Å². The number of amides is 1. The van der Waals surface area contributed by atoms with E-state index >= 15 is 0 Å². The van der Waals surface area contributed by atoms with Gasteiger partial charge in [-0.2, -0.15) is 0 Å². The van der Waals surface area contributed by atoms with Crippen LogP contribution in [0.25, 0.3) is 39.0 Å². The van der Waals surface area contributed by atoms with E-state index in [0.717, 1.165) is 65.5 Å². The number of nitrogens with zero attached hydrogens (tertiary/aromatic N) is 3. The van der Waals surface area contributed by atoms with Gasteiger partial charge in [-0.25, -0.2) is 4.98 Å². The second-order valence-electron chi connectivity index (χ2n) is 10.8. The van der Waals surface area contributed by atoms with Gasteiger partial charge in [-0.1, -0.05) is 42.5 Å². The van der Waals surface area contributed by atoms with Crippen LogP contribution in [0.2, 0.25) is 0 Å². The van der Waals surface area contributed by atoms with Crippen LogP contribution < -0.4 is 10.2 Å². The van der Waals surface area contributed by atoms with Crippen molar-refractivity contribution in [2.24, 2.45) is 0 Å². The normalized spacial score (nSPS) is 16.5. The first kappa shape index (κ1) is 26.2. The van der Waals surface area contributed by atoms with Gasteiger partial charge >= 0.3 is 0 Å². The summed E-state index contributed by atoms with van der Waals surface area (Å²) in [5, 5.41) is 5.73. The van der Waals surface area contributed by atoms with Gasteiger partial charge in [0, 0.05) is 60.8 Å². The molecule has 42 heavy (non-hydrogen) atoms. The van der Waals surface area contributed by atoms with Crippen molar-refractivity contribution in [2.75, 3.05) is 18.1 Å². The van der Waals surface area contributed by atoms with Crippen LogP contribution in [-0.2, 0) is 16.1 Å². The average Bonchev–Trinajstić information content (AvgIpc) is 3.31. The van der Waals surface area contributed by atoms with Crippen molar-refractivity contribution in [3.63, 3.8) is 0 Å². The Morgan fingerprint density at radius 3 is 2.64 bits per heavy atom. The van der Waals surface area contributed by atoms with Crippen molar-refractivity contribution in [3.8, 4) is 11.1 Å². The topological polar surface area (TPSA) is 84.4 Å². The van der Waals surface area contributed by atoms with Crippen molar-refractivity contribution in [3.05, 3.63) is 108 Å². The number of nitrogens with one attached hydrogen (secondary N) is 1. The maximum atomic E-state index is 13.4. The van der Waals surface area contributed by atoms with E-state index in [4.69, 9.17) is 14.7 Å². The monoisotopic (exact) mass is 554 g/mol. The Labute approximate surface area is 243 Å². The Kier molecular flexibility index (Phi) is 6.82. The summed E-state index contributed by atoms with van der Waals surface area (Å²) in [6, 6.07) is 26.1. The first-order valence-electron chi connectivity index (χ1n) is 14.3. The lowest BCUT2D eigenvalue weighted by Gasteiger charge is -2.23. The molecule has 1 amide bonds. The predicted molar refractivity (Wildman–Crippen MR) is 165 cm³/mol. The number of carbonyl (C=O) groups is 2. The van der Waals surface area contributed by atoms with Gasteiger partial charge in [0.05, 0.1) is 28.1 Å². The Bertz CT molecular complexity index is 1890. The smallest absolute Gasteiger partial charge is 0.228 e. The number of Topliss-reactive ketones (excluding diaryl/α,β-unsaturated/α-hetero) is 1. The Hall–Kier alpha value is -4.72. The van der Waals surface area contributed by atoms with E-state index in [1.165, 1.54) is 17.4 Å². The molecule has 0 bridgehead atoms. The van der Waals surface area contributed by atoms with E-state index < -0.39 is 0 Å². The molecule has 1 saturated heterocycles. The summed E-state index contributed by atoms with van der Waals surface area (Å²) in [6.07, 6.45) is 5.56. The minimum absolute atomic E-state index is 0.189. The maximum absolute atomic E-state index is 13.4. The summed E-state index contributed by atoms with van der Waals surface area (Å²) < 4.78 is 5.51. The van der Waals surface area contributed by atoms with Gasteiger partial charge in [-0.15, -0.1) is 0 Å². The number of para-hydroxylation sites is 2. The molecule has 0 saturated carbocycles. The highest BCUT2D eigenvalue weighted by Gasteiger charge is 2.34. The molecule has 0 spiro atoms. The quantitative estimate of drug-likeness (QED) is 0.256. The lowest BCUT2D eigenvalue weighted by atomic mass is 9.96. The summed E-state index contributed by atoms with van der Waals surface area (Å²) in [7, 11) is 0. The third kappa shape index (κ3) is 4.76. The van der Waals surface area contributed by atoms with E-state index in [-0.39, 0.29) is 11.7 Å². The zero-order valence-corrected chi connectivity index (χ0v) is 23.3. The molecule has 4 heterocycles. The van der Waals surface area contributed by atoms with Gasteiger partial charge in [0.25, 0.3) is 0 Å². The largest absolute Gasteiger partial charge is 0.381 e. The molecular formula is C35H30N4O3. The molecule has 0 unspecified atom stereocenters. The number of hydrogen-bond acceptors (Lipinski definition) is 6. The van der Waals surface area contributed by atoms with Crippen molar-refractivity contribution in [1.82, 2.24) is 15.3 Å². The number of anilines is 1. The standard InChI is InChI=1S/C35H30N4O3/c1-22(40)39-32-10-3-2-8-28(32)35(41)33(39)20-26-19-29(27-9-4-6-24-7-5-15-36-34(24)27)30-18-23(11-12-31(30)38-26)21-37-25-13-16-42-17-14-25/h2-12,15,18-20,25,37H,13-14,16-17,21H2,1H3/b33-20+. The lowest BCUT2D eigenvalue weighted by molar-refractivity contribution is -0.116. The average molecular weight is 555 g/mol. The van der Waals surface area contributed by atoms with Gasteiger partial charge in [-0.3, -0.25) is 19.5 Å². The zero-order chi connectivity index (χ0) is 28.6. The fraction of sp³-hybridized carbons (Fsp3) is 0.200. The van der Waals surface area contributed by atoms with Gasteiger partial charge in [0.2, 0.25) is 11.7 Å². The number of ketones is 1. The molecule has 5 aromatic rings. The van der Waals surface area contributed by atoms with Crippen LogP contribution in [0, 0.1) is 0 Å². The maximum Gasteiger partial charge on any atom is 0.228 e. The van der Waals surface area contributed by atoms with Crippen molar-refractivity contribution in [1.29, 1.82) is 0 Å². The first-order chi connectivity index (χ1) is 20.6. The SMILES string of the molecule is CC(=O)N1/C(=C/c2cc(-c3cccc4cccnc34)c3cc(CNC4CCOCC4)ccc3n2)C(=O)c2ccccc21. The number of allylic oxidation sites excluding steroid dienone is 1. The summed E-state index contributed by atoms with van der Waals surface area (Å²) in [5.74, 6) is -0.411. The van der Waals surface area contributed by atoms with Crippen LogP contribution in [0.15, 0.2) is 90.8 Å². The van der Waals surface area contributed by atoms with Crippen LogP contribution in [0.3, 0.4) is 0 Å². The number of carbonyl (C=O) groups excluding carboxylic acids is 2. The Morgan fingerprint density at radius 2 is 1.79 bits per heavy atom. The van der Waals surface area contributed by atoms with Gasteiger partial charge in [0.15, 0.2) is 0 Å². The molecule has 1 N–H and O–H groups in total. The number of hydrogen-bond donors (Lipinski definition) is 1. The predicted octanol–water partition coefficient (Wildman–Crippen LogP) is 6.31. The number of ether oxygens (including phenoxy) is 1. The lowest BCUT2D eigenvalue weighted by Crippen LogP contribution is -2.34. The summed E-state index contributed by atoms with van der Waals surface area (Å²) in [6.45, 7) is 3.81. The summed E-state index contributed by atoms with van der Waals surface area (Å²) >= 11 is 0. The molecule has 7 heteroatoms. The third-order valence-electron chi connectivity index (χ3n) is 8.09. The molecule has 2 aliphatic heterocycles. The second-order valence-corrected chi connectivity index (χ2v) is 10.8. The Morgan fingerprint density at radius 1 is 0.976 bits per heavy atom. The van der Waals surface area contributed by atoms with E-state index in [1.807, 2.05) is 36.4 Å². The molecule has 7 nitrogen and oxygen atoms in total. The molecule has 2 aliphatic rings. The number of pyridine rings is 2. The van der Waals surface area contributed by atoms with Crippen molar-refractivity contribution >= 4 is 45.3 Å². The minimum atomic E-state index is -0.222. The fourth-order valence-corrected chi connectivity index (χ4v) is 6.02. The number of fused-ring (bicyclic) bond motifs is 3. The van der Waals surface area contributed by atoms with E-state index in [0.29, 0.717) is 28.7 Å². The molecule has 1 fully saturated rings. The summed E-state index contributed by atoms with van der Waals surface area (Å²) in [5.41, 5.74) is 6.84. The van der Waals surface area contributed by atoms with Crippen LogP contribution in [0.4, 0.5) is 5.69 Å². The third-order valence-corrected chi connectivity index (χ3v) is 8.09. The highest BCUT2D eigenvalue weighted by atomic mass is 16.5. The molecule has 0 aliphatic carbocycles. The number of rotatable bonds is 5. The van der Waals surface area contributed by atoms with Crippen LogP contribution >= 0.6 is 0 Å². The zero-order valence-electron chi connectivity index (χ0n) is 23.3. The molecule has 7 rings (SSSR count). The van der Waals surface area contributed by atoms with E-state index in [1.54, 1.807) is 24.4 Å². The molecular weight excluding hydrogens is 524 g/mol. The van der Waals surface area contributed by atoms with Crippen molar-refractivity contribution in [2.45, 2.75) is 32.4 Å². The fourth-order valence-electron chi connectivity index (χ4n) is 6.02. The first-order valence-corrected chi connectivity index (χ1v) is 14.3.